The molecule has 0 N–H and O–H groups in total. The van der Waals surface area contributed by atoms with E-state index in [1.807, 2.05) is 0 Å². The Kier molecular flexibility index (Phi) is 3.88. The van der Waals surface area contributed by atoms with Crippen molar-refractivity contribution in [1.82, 2.24) is 9.47 Å². The van der Waals surface area contributed by atoms with Crippen LogP contribution in [-0.4, -0.2) is 23.1 Å². The first-order valence-electron chi connectivity index (χ1n) is 8.24. The highest BCUT2D eigenvalue weighted by Crippen LogP contribution is 2.39. The number of para-hydroxylation sites is 1. The predicted octanol–water partition coefficient (Wildman–Crippen LogP) is 4.61. The first kappa shape index (κ1) is 14.8. The number of alkyl halides is 1. The van der Waals surface area contributed by atoms with Crippen LogP contribution in [0.1, 0.15) is 22.3 Å². The molecule has 1 aromatic heterocycles. The van der Waals surface area contributed by atoms with Gasteiger partial charge in [-0.1, -0.05) is 48.5 Å². The molecule has 2 nitrogen and oxygen atoms in total. The van der Waals surface area contributed by atoms with Crippen LogP contribution in [0.2, 0.25) is 0 Å². The standard InChI is InChI=1S/C20H21ClN2/c1-22-13-12-18-19(20(22)21)16-9-5-6-10-17(16)23(18)14-11-15-7-3-2-4-8-15/h2-10,20H,11-14H2,1H3. The van der Waals surface area contributed by atoms with Crippen molar-refractivity contribution in [2.24, 2.45) is 0 Å². The van der Waals surface area contributed by atoms with Crippen molar-refractivity contribution in [2.45, 2.75) is 24.9 Å². The molecule has 0 bridgehead atoms. The lowest BCUT2D eigenvalue weighted by Crippen LogP contribution is -2.29. The lowest BCUT2D eigenvalue weighted by Gasteiger charge is -2.29. The second kappa shape index (κ2) is 6.03. The molecule has 0 spiro atoms. The van der Waals surface area contributed by atoms with Crippen molar-refractivity contribution in [2.75, 3.05) is 13.6 Å². The minimum absolute atomic E-state index is 0.0263. The molecule has 1 aliphatic heterocycles. The highest BCUT2D eigenvalue weighted by Gasteiger charge is 2.28. The quantitative estimate of drug-likeness (QED) is 0.504. The SMILES string of the molecule is CN1CCc2c(c3ccccc3n2CCc2ccccc2)C1Cl. The molecule has 0 aliphatic carbocycles. The van der Waals surface area contributed by atoms with Crippen LogP contribution in [0.3, 0.4) is 0 Å². The van der Waals surface area contributed by atoms with E-state index in [0.717, 1.165) is 25.9 Å². The van der Waals surface area contributed by atoms with Gasteiger partial charge in [0.15, 0.2) is 0 Å². The van der Waals surface area contributed by atoms with Gasteiger partial charge < -0.3 is 4.57 Å². The molecule has 0 saturated carbocycles. The minimum Gasteiger partial charge on any atom is -0.344 e. The minimum atomic E-state index is -0.0263. The van der Waals surface area contributed by atoms with E-state index in [0.29, 0.717) is 0 Å². The third-order valence-electron chi connectivity index (χ3n) is 4.92. The van der Waals surface area contributed by atoms with Crippen molar-refractivity contribution in [3.05, 3.63) is 71.4 Å². The zero-order valence-corrected chi connectivity index (χ0v) is 14.1. The van der Waals surface area contributed by atoms with Crippen molar-refractivity contribution in [3.63, 3.8) is 0 Å². The smallest absolute Gasteiger partial charge is 0.113 e. The molecule has 0 saturated heterocycles. The van der Waals surface area contributed by atoms with Crippen LogP contribution in [0.5, 0.6) is 0 Å². The van der Waals surface area contributed by atoms with Gasteiger partial charge in [0.05, 0.1) is 0 Å². The number of benzene rings is 2. The van der Waals surface area contributed by atoms with Gasteiger partial charge in [0.2, 0.25) is 0 Å². The Hall–Kier alpha value is -1.77. The van der Waals surface area contributed by atoms with Crippen LogP contribution in [0.25, 0.3) is 10.9 Å². The number of hydrogen-bond donors (Lipinski definition) is 0. The molecule has 3 heteroatoms. The first-order valence-corrected chi connectivity index (χ1v) is 8.67. The summed E-state index contributed by atoms with van der Waals surface area (Å²) in [6.07, 6.45) is 2.12. The average molecular weight is 325 g/mol. The molecule has 0 radical (unpaired) electrons. The highest BCUT2D eigenvalue weighted by atomic mass is 35.5. The average Bonchev–Trinajstić information content (AvgIpc) is 2.91. The lowest BCUT2D eigenvalue weighted by atomic mass is 10.0. The van der Waals surface area contributed by atoms with Gasteiger partial charge in [-0.25, -0.2) is 0 Å². The molecule has 4 rings (SSSR count). The summed E-state index contributed by atoms with van der Waals surface area (Å²) in [5.41, 5.74) is 5.40. The molecule has 0 amide bonds. The zero-order chi connectivity index (χ0) is 15.8. The summed E-state index contributed by atoms with van der Waals surface area (Å²) in [4.78, 5) is 2.23. The Bertz CT molecular complexity index is 822. The summed E-state index contributed by atoms with van der Waals surface area (Å²) < 4.78 is 2.49. The van der Waals surface area contributed by atoms with Gasteiger partial charge in [0, 0.05) is 41.7 Å². The Balaban J connectivity index is 1.77. The van der Waals surface area contributed by atoms with E-state index >= 15 is 0 Å². The summed E-state index contributed by atoms with van der Waals surface area (Å²) in [7, 11) is 2.11. The Morgan fingerprint density at radius 3 is 2.61 bits per heavy atom. The van der Waals surface area contributed by atoms with Gasteiger partial charge in [-0.05, 0) is 25.1 Å². The highest BCUT2D eigenvalue weighted by molar-refractivity contribution is 6.21. The zero-order valence-electron chi connectivity index (χ0n) is 13.4. The molecule has 3 aromatic rings. The number of likely N-dealkylation sites (N-methyl/N-ethyl adjacent to an activating group) is 1. The van der Waals surface area contributed by atoms with Crippen LogP contribution >= 0.6 is 11.6 Å². The lowest BCUT2D eigenvalue weighted by molar-refractivity contribution is 0.295. The van der Waals surface area contributed by atoms with E-state index in [2.05, 4.69) is 71.1 Å². The Labute approximate surface area is 142 Å². The van der Waals surface area contributed by atoms with Crippen molar-refractivity contribution in [1.29, 1.82) is 0 Å². The number of nitrogens with zero attached hydrogens (tertiary/aromatic N) is 2. The number of fused-ring (bicyclic) bond motifs is 3. The van der Waals surface area contributed by atoms with E-state index in [4.69, 9.17) is 11.6 Å². The van der Waals surface area contributed by atoms with E-state index in [9.17, 15) is 0 Å². The molecular formula is C20H21ClN2. The third kappa shape index (κ3) is 2.56. The number of halogens is 1. The Morgan fingerprint density at radius 1 is 1.04 bits per heavy atom. The second-order valence-corrected chi connectivity index (χ2v) is 6.74. The molecule has 2 heterocycles. The fraction of sp³-hybridized carbons (Fsp3) is 0.300. The molecule has 1 atom stereocenters. The van der Waals surface area contributed by atoms with Gasteiger partial charge in [-0.3, -0.25) is 4.90 Å². The van der Waals surface area contributed by atoms with Crippen molar-refractivity contribution < 1.29 is 0 Å². The molecule has 118 valence electrons. The van der Waals surface area contributed by atoms with Crippen LogP contribution in [-0.2, 0) is 19.4 Å². The molecular weight excluding hydrogens is 304 g/mol. The number of hydrogen-bond acceptors (Lipinski definition) is 1. The maximum Gasteiger partial charge on any atom is 0.113 e. The van der Waals surface area contributed by atoms with Gasteiger partial charge in [-0.2, -0.15) is 0 Å². The maximum absolute atomic E-state index is 6.72. The number of aryl methyl sites for hydroxylation is 2. The molecule has 1 aliphatic rings. The molecule has 1 unspecified atom stereocenters. The van der Waals surface area contributed by atoms with Crippen molar-refractivity contribution in [3.8, 4) is 0 Å². The van der Waals surface area contributed by atoms with Crippen LogP contribution in [0.15, 0.2) is 54.6 Å². The van der Waals surface area contributed by atoms with Crippen molar-refractivity contribution >= 4 is 22.5 Å². The predicted molar refractivity (Wildman–Crippen MR) is 97.0 cm³/mol. The van der Waals surface area contributed by atoms with Gasteiger partial charge in [-0.15, -0.1) is 11.6 Å². The topological polar surface area (TPSA) is 8.17 Å². The van der Waals surface area contributed by atoms with Gasteiger partial charge in [0.1, 0.15) is 5.50 Å². The molecule has 23 heavy (non-hydrogen) atoms. The van der Waals surface area contributed by atoms with E-state index in [1.165, 1.54) is 27.7 Å². The normalized spacial score (nSPS) is 18.3. The summed E-state index contributed by atoms with van der Waals surface area (Å²) in [6.45, 7) is 2.02. The number of aromatic nitrogens is 1. The largest absolute Gasteiger partial charge is 0.344 e. The van der Waals surface area contributed by atoms with Crippen LogP contribution in [0, 0.1) is 0 Å². The Morgan fingerprint density at radius 2 is 1.78 bits per heavy atom. The fourth-order valence-electron chi connectivity index (χ4n) is 3.68. The van der Waals surface area contributed by atoms with E-state index in [1.54, 1.807) is 0 Å². The monoisotopic (exact) mass is 324 g/mol. The molecule has 0 fully saturated rings. The van der Waals surface area contributed by atoms with Gasteiger partial charge >= 0.3 is 0 Å². The molecule has 2 aromatic carbocycles. The third-order valence-corrected chi connectivity index (χ3v) is 5.47. The van der Waals surface area contributed by atoms with Crippen LogP contribution < -0.4 is 0 Å². The number of rotatable bonds is 3. The first-order chi connectivity index (χ1) is 11.3. The summed E-state index contributed by atoms with van der Waals surface area (Å²) in [6, 6.07) is 19.4. The summed E-state index contributed by atoms with van der Waals surface area (Å²) in [5, 5.41) is 1.31. The van der Waals surface area contributed by atoms with Crippen LogP contribution in [0.4, 0.5) is 0 Å². The second-order valence-electron chi connectivity index (χ2n) is 6.33. The summed E-state index contributed by atoms with van der Waals surface area (Å²) in [5.74, 6) is 0. The fourth-order valence-corrected chi connectivity index (χ4v) is 4.02. The van der Waals surface area contributed by atoms with E-state index < -0.39 is 0 Å². The maximum atomic E-state index is 6.72. The summed E-state index contributed by atoms with van der Waals surface area (Å²) >= 11 is 6.72. The van der Waals surface area contributed by atoms with E-state index in [-0.39, 0.29) is 5.50 Å². The van der Waals surface area contributed by atoms with Gasteiger partial charge in [0.25, 0.3) is 0 Å².